The summed E-state index contributed by atoms with van der Waals surface area (Å²) in [5.41, 5.74) is 1.56. The topological polar surface area (TPSA) is 76.0 Å². The molecule has 0 amide bonds. The molecular formula is C17H14O5. The molecule has 0 saturated carbocycles. The zero-order valence-corrected chi connectivity index (χ0v) is 11.9. The van der Waals surface area contributed by atoms with Crippen molar-refractivity contribution in [1.82, 2.24) is 0 Å². The number of Topliss-reactive ketones (excluding diaryl/α,β-unsaturated/α-hetero) is 1. The smallest absolute Gasteiger partial charge is 0.196 e. The van der Waals surface area contributed by atoms with Gasteiger partial charge in [0.05, 0.1) is 12.7 Å². The molecule has 0 bridgehead atoms. The first kappa shape index (κ1) is 14.0. The molecule has 0 radical (unpaired) electrons. The van der Waals surface area contributed by atoms with Crippen LogP contribution in [0.15, 0.2) is 42.0 Å². The number of methoxy groups -OCH3 is 1. The minimum absolute atomic E-state index is 0.00588. The first-order chi connectivity index (χ1) is 10.6. The molecule has 0 aliphatic carbocycles. The summed E-state index contributed by atoms with van der Waals surface area (Å²) in [5, 5.41) is 19.2. The molecule has 0 unspecified atom stereocenters. The van der Waals surface area contributed by atoms with E-state index in [-0.39, 0.29) is 23.9 Å². The summed E-state index contributed by atoms with van der Waals surface area (Å²) in [4.78, 5) is 12.4. The van der Waals surface area contributed by atoms with Crippen molar-refractivity contribution < 1.29 is 24.5 Å². The van der Waals surface area contributed by atoms with Crippen LogP contribution in [0.2, 0.25) is 0 Å². The summed E-state index contributed by atoms with van der Waals surface area (Å²) in [7, 11) is 1.47. The fourth-order valence-electron chi connectivity index (χ4n) is 2.32. The van der Waals surface area contributed by atoms with Gasteiger partial charge in [-0.25, -0.2) is 0 Å². The van der Waals surface area contributed by atoms with Crippen LogP contribution in [0, 0.1) is 0 Å². The van der Waals surface area contributed by atoms with E-state index in [4.69, 9.17) is 9.47 Å². The number of carbonyl (C=O) groups excluding carboxylic acids is 1. The lowest BCUT2D eigenvalue weighted by Crippen LogP contribution is -2.18. The highest BCUT2D eigenvalue weighted by Crippen LogP contribution is 2.32. The van der Waals surface area contributed by atoms with E-state index in [0.29, 0.717) is 28.2 Å². The zero-order valence-electron chi connectivity index (χ0n) is 11.9. The highest BCUT2D eigenvalue weighted by Gasteiger charge is 2.23. The van der Waals surface area contributed by atoms with Crippen LogP contribution in [0.3, 0.4) is 0 Å². The molecule has 0 saturated heterocycles. The molecule has 112 valence electrons. The van der Waals surface area contributed by atoms with E-state index in [1.54, 1.807) is 18.2 Å². The maximum absolute atomic E-state index is 12.4. The number of phenols is 2. The second kappa shape index (κ2) is 5.44. The average Bonchev–Trinajstić information content (AvgIpc) is 2.50. The fourth-order valence-corrected chi connectivity index (χ4v) is 2.32. The lowest BCUT2D eigenvalue weighted by Gasteiger charge is -2.19. The van der Waals surface area contributed by atoms with E-state index in [0.717, 1.165) is 0 Å². The van der Waals surface area contributed by atoms with Crippen molar-refractivity contribution in [3.63, 3.8) is 0 Å². The number of carbonyl (C=O) groups is 1. The molecule has 1 aliphatic heterocycles. The van der Waals surface area contributed by atoms with Crippen LogP contribution in [0.25, 0.3) is 6.08 Å². The Hall–Kier alpha value is -2.95. The van der Waals surface area contributed by atoms with Gasteiger partial charge >= 0.3 is 0 Å². The summed E-state index contributed by atoms with van der Waals surface area (Å²) < 4.78 is 10.5. The Balaban J connectivity index is 1.94. The molecule has 0 fully saturated rings. The molecule has 0 aromatic heterocycles. The third-order valence-electron chi connectivity index (χ3n) is 3.43. The monoisotopic (exact) mass is 298 g/mol. The number of rotatable bonds is 2. The van der Waals surface area contributed by atoms with Gasteiger partial charge < -0.3 is 19.7 Å². The van der Waals surface area contributed by atoms with Gasteiger partial charge in [0.15, 0.2) is 17.3 Å². The van der Waals surface area contributed by atoms with Crippen LogP contribution < -0.4 is 9.47 Å². The Morgan fingerprint density at radius 3 is 2.73 bits per heavy atom. The van der Waals surface area contributed by atoms with E-state index in [1.165, 1.54) is 31.4 Å². The molecule has 1 heterocycles. The SMILES string of the molecule is COc1ccc(/C=C2/COc3cc(O)ccc3C2=O)cc1O. The Bertz CT molecular complexity index is 777. The van der Waals surface area contributed by atoms with Crippen molar-refractivity contribution in [3.05, 3.63) is 53.1 Å². The lowest BCUT2D eigenvalue weighted by molar-refractivity contribution is 0.100. The van der Waals surface area contributed by atoms with Gasteiger partial charge in [0, 0.05) is 11.6 Å². The predicted octanol–water partition coefficient (Wildman–Crippen LogP) is 2.77. The number of aromatic hydroxyl groups is 2. The van der Waals surface area contributed by atoms with Crippen molar-refractivity contribution in [1.29, 1.82) is 0 Å². The van der Waals surface area contributed by atoms with Gasteiger partial charge in [0.25, 0.3) is 0 Å². The lowest BCUT2D eigenvalue weighted by atomic mass is 9.98. The predicted molar refractivity (Wildman–Crippen MR) is 80.6 cm³/mol. The summed E-state index contributed by atoms with van der Waals surface area (Å²) in [6.45, 7) is 0.113. The van der Waals surface area contributed by atoms with Gasteiger partial charge in [-0.1, -0.05) is 6.07 Å². The Morgan fingerprint density at radius 2 is 2.00 bits per heavy atom. The summed E-state index contributed by atoms with van der Waals surface area (Å²) in [5.74, 6) is 0.649. The molecule has 2 aromatic rings. The molecule has 5 heteroatoms. The highest BCUT2D eigenvalue weighted by atomic mass is 16.5. The fraction of sp³-hybridized carbons (Fsp3) is 0.118. The Labute approximate surface area is 127 Å². The molecular weight excluding hydrogens is 284 g/mol. The molecule has 0 spiro atoms. The number of hydrogen-bond donors (Lipinski definition) is 2. The quantitative estimate of drug-likeness (QED) is 0.834. The average molecular weight is 298 g/mol. The molecule has 1 aliphatic rings. The third-order valence-corrected chi connectivity index (χ3v) is 3.43. The number of ether oxygens (including phenoxy) is 2. The highest BCUT2D eigenvalue weighted by molar-refractivity contribution is 6.14. The largest absolute Gasteiger partial charge is 0.508 e. The Morgan fingerprint density at radius 1 is 1.18 bits per heavy atom. The molecule has 5 nitrogen and oxygen atoms in total. The molecule has 2 aromatic carbocycles. The molecule has 22 heavy (non-hydrogen) atoms. The minimum Gasteiger partial charge on any atom is -0.508 e. The van der Waals surface area contributed by atoms with Gasteiger partial charge in [0.2, 0.25) is 0 Å². The maximum Gasteiger partial charge on any atom is 0.196 e. The standard InChI is InChI=1S/C17H14O5/c1-21-15-5-2-10(7-14(15)19)6-11-9-22-16-8-12(18)3-4-13(16)17(11)20/h2-8,18-19H,9H2,1H3/b11-6-. The molecule has 2 N–H and O–H groups in total. The van der Waals surface area contributed by atoms with Crippen LogP contribution in [-0.2, 0) is 0 Å². The van der Waals surface area contributed by atoms with E-state index >= 15 is 0 Å². The number of ketones is 1. The summed E-state index contributed by atoms with van der Waals surface area (Å²) in [6.07, 6.45) is 1.66. The van der Waals surface area contributed by atoms with Gasteiger partial charge in [-0.3, -0.25) is 4.79 Å². The number of fused-ring (bicyclic) bond motifs is 1. The Kier molecular flexibility index (Phi) is 3.47. The normalized spacial score (nSPS) is 15.3. The van der Waals surface area contributed by atoms with E-state index in [2.05, 4.69) is 0 Å². The van der Waals surface area contributed by atoms with Crippen molar-refractivity contribution in [2.75, 3.05) is 13.7 Å². The van der Waals surface area contributed by atoms with Crippen LogP contribution >= 0.6 is 0 Å². The van der Waals surface area contributed by atoms with Crippen molar-refractivity contribution in [2.45, 2.75) is 0 Å². The van der Waals surface area contributed by atoms with Crippen molar-refractivity contribution in [3.8, 4) is 23.0 Å². The van der Waals surface area contributed by atoms with Gasteiger partial charge in [-0.15, -0.1) is 0 Å². The second-order valence-corrected chi connectivity index (χ2v) is 4.90. The molecule has 0 atom stereocenters. The third kappa shape index (κ3) is 2.48. The van der Waals surface area contributed by atoms with Crippen LogP contribution in [-0.4, -0.2) is 29.7 Å². The van der Waals surface area contributed by atoms with Crippen LogP contribution in [0.4, 0.5) is 0 Å². The van der Waals surface area contributed by atoms with E-state index < -0.39 is 0 Å². The van der Waals surface area contributed by atoms with E-state index in [1.807, 2.05) is 0 Å². The summed E-state index contributed by atoms with van der Waals surface area (Å²) >= 11 is 0. The first-order valence-corrected chi connectivity index (χ1v) is 6.66. The minimum atomic E-state index is -0.156. The molecule has 3 rings (SSSR count). The van der Waals surface area contributed by atoms with Gasteiger partial charge in [-0.05, 0) is 35.9 Å². The second-order valence-electron chi connectivity index (χ2n) is 4.90. The van der Waals surface area contributed by atoms with E-state index in [9.17, 15) is 15.0 Å². The van der Waals surface area contributed by atoms with Crippen molar-refractivity contribution >= 4 is 11.9 Å². The number of hydrogen-bond acceptors (Lipinski definition) is 5. The number of phenolic OH excluding ortho intramolecular Hbond substituents is 2. The number of benzene rings is 2. The van der Waals surface area contributed by atoms with Gasteiger partial charge in [-0.2, -0.15) is 0 Å². The summed E-state index contributed by atoms with van der Waals surface area (Å²) in [6, 6.07) is 9.29. The van der Waals surface area contributed by atoms with Crippen LogP contribution in [0.1, 0.15) is 15.9 Å². The maximum atomic E-state index is 12.4. The van der Waals surface area contributed by atoms with Crippen molar-refractivity contribution in [2.24, 2.45) is 0 Å². The van der Waals surface area contributed by atoms with Crippen LogP contribution in [0.5, 0.6) is 23.0 Å². The first-order valence-electron chi connectivity index (χ1n) is 6.66. The zero-order chi connectivity index (χ0) is 15.7. The van der Waals surface area contributed by atoms with Gasteiger partial charge in [0.1, 0.15) is 18.1 Å².